The number of alkyl halides is 3. The zero-order valence-electron chi connectivity index (χ0n) is 34.8. The molecule has 1 atom stereocenters. The highest BCUT2D eigenvalue weighted by Crippen LogP contribution is 2.35. The van der Waals surface area contributed by atoms with Gasteiger partial charge >= 0.3 is 6.18 Å². The van der Waals surface area contributed by atoms with Gasteiger partial charge in [0.1, 0.15) is 30.5 Å². The molecule has 23 heteroatoms. The second-order valence-electron chi connectivity index (χ2n) is 15.5. The Morgan fingerprint density at radius 2 is 1.71 bits per heavy atom. The minimum atomic E-state index is -4.46. The molecule has 344 valence electrons. The van der Waals surface area contributed by atoms with Crippen molar-refractivity contribution in [3.05, 3.63) is 71.5 Å². The summed E-state index contributed by atoms with van der Waals surface area (Å²) in [6.07, 6.45) is 2.69. The molecule has 6 amide bonds. The highest BCUT2D eigenvalue weighted by Gasteiger charge is 2.45. The molecule has 1 unspecified atom stereocenters. The first-order valence-corrected chi connectivity index (χ1v) is 20.9. The van der Waals surface area contributed by atoms with E-state index in [1.54, 1.807) is 16.8 Å². The summed E-state index contributed by atoms with van der Waals surface area (Å²) >= 11 is 0. The summed E-state index contributed by atoms with van der Waals surface area (Å²) in [4.78, 5) is 97.5. The molecule has 65 heavy (non-hydrogen) atoms. The monoisotopic (exact) mass is 906 g/mol. The van der Waals surface area contributed by atoms with E-state index in [1.165, 1.54) is 30.6 Å². The smallest absolute Gasteiger partial charge is 0.405 e. The standard InChI is InChI=1S/C42H45F3N10O10/c43-42(44,45)22-49-32-19-24(12-13-48-32)39-51-29(21-65-39)37(59)50-28-20-54(53-35(28)36(46)58)25-8-6-23(7-9-25)31(56)5-2-15-63-17-18-64-16-14-47-27-4-1-3-26-34(27)41(62)55(40(26)61)30-10-11-33(57)52-38(30)60/h1,3-4,12-13,19-21,23,25,30,47H,2,5-11,14-18,22H2,(H2,46,58)(H,48,49)(H,50,59)(H,52,57,60). The van der Waals surface area contributed by atoms with E-state index in [0.29, 0.717) is 64.0 Å². The third-order valence-corrected chi connectivity index (χ3v) is 11.1. The largest absolute Gasteiger partial charge is 0.444 e. The maximum atomic E-state index is 13.2. The number of hydrogen-bond donors (Lipinski definition) is 5. The minimum absolute atomic E-state index is 0.0304. The quantitative estimate of drug-likeness (QED) is 0.0622. The van der Waals surface area contributed by atoms with Crippen LogP contribution in [0.4, 0.5) is 30.4 Å². The number of carbonyl (C=O) groups is 7. The molecular weight excluding hydrogens is 862 g/mol. The maximum absolute atomic E-state index is 13.2. The van der Waals surface area contributed by atoms with Crippen LogP contribution in [0.15, 0.2) is 53.4 Å². The average Bonchev–Trinajstić information content (AvgIpc) is 4.01. The van der Waals surface area contributed by atoms with Crippen LogP contribution in [0.2, 0.25) is 0 Å². The van der Waals surface area contributed by atoms with Crippen molar-refractivity contribution >= 4 is 58.4 Å². The maximum Gasteiger partial charge on any atom is 0.405 e. The number of oxazole rings is 1. The minimum Gasteiger partial charge on any atom is -0.444 e. The lowest BCUT2D eigenvalue weighted by atomic mass is 9.82. The molecule has 2 fully saturated rings. The van der Waals surface area contributed by atoms with Crippen molar-refractivity contribution in [2.75, 3.05) is 55.5 Å². The van der Waals surface area contributed by atoms with E-state index in [2.05, 4.69) is 36.3 Å². The van der Waals surface area contributed by atoms with Crippen molar-refractivity contribution in [1.82, 2.24) is 30.0 Å². The number of hydrogen-bond acceptors (Lipinski definition) is 15. The van der Waals surface area contributed by atoms with Crippen LogP contribution in [0, 0.1) is 5.92 Å². The van der Waals surface area contributed by atoms with Crippen molar-refractivity contribution < 1.29 is 60.6 Å². The number of fused-ring (bicyclic) bond motifs is 1. The summed E-state index contributed by atoms with van der Waals surface area (Å²) in [5.74, 6) is -4.09. The van der Waals surface area contributed by atoms with Crippen LogP contribution in [-0.4, -0.2) is 118 Å². The van der Waals surface area contributed by atoms with E-state index < -0.39 is 54.2 Å². The third kappa shape index (κ3) is 11.2. The number of ketones is 1. The van der Waals surface area contributed by atoms with Crippen molar-refractivity contribution in [3.63, 3.8) is 0 Å². The molecule has 1 saturated heterocycles. The van der Waals surface area contributed by atoms with Gasteiger partial charge in [-0.3, -0.25) is 48.5 Å². The van der Waals surface area contributed by atoms with Crippen molar-refractivity contribution in [1.29, 1.82) is 0 Å². The summed E-state index contributed by atoms with van der Waals surface area (Å²) in [5, 5.41) is 14.4. The zero-order chi connectivity index (χ0) is 46.3. The number of anilines is 3. The molecule has 3 aliphatic rings. The number of piperidine rings is 1. The Hall–Kier alpha value is -7.01. The zero-order valence-corrected chi connectivity index (χ0v) is 34.8. The van der Waals surface area contributed by atoms with Gasteiger partial charge in [0.05, 0.1) is 42.7 Å². The van der Waals surface area contributed by atoms with Gasteiger partial charge in [0.2, 0.25) is 17.7 Å². The number of amides is 6. The number of nitrogens with two attached hydrogens (primary N) is 1. The average molecular weight is 907 g/mol. The van der Waals surface area contributed by atoms with E-state index >= 15 is 0 Å². The molecule has 5 heterocycles. The predicted octanol–water partition coefficient (Wildman–Crippen LogP) is 3.89. The Balaban J connectivity index is 0.785. The number of primary amides is 1. The molecule has 1 saturated carbocycles. The number of ether oxygens (including phenoxy) is 2. The Bertz CT molecular complexity index is 2460. The van der Waals surface area contributed by atoms with Crippen LogP contribution in [0.25, 0.3) is 11.5 Å². The normalized spacial score (nSPS) is 18.6. The lowest BCUT2D eigenvalue weighted by Crippen LogP contribution is -2.54. The Morgan fingerprint density at radius 1 is 0.938 bits per heavy atom. The molecule has 20 nitrogen and oxygen atoms in total. The number of nitrogens with zero attached hydrogens (tertiary/aromatic N) is 5. The summed E-state index contributed by atoms with van der Waals surface area (Å²) in [5.41, 5.74) is 6.30. The predicted molar refractivity (Wildman–Crippen MR) is 221 cm³/mol. The summed E-state index contributed by atoms with van der Waals surface area (Å²) in [6, 6.07) is 6.33. The third-order valence-electron chi connectivity index (χ3n) is 11.1. The van der Waals surface area contributed by atoms with Crippen LogP contribution in [0.1, 0.15) is 99.1 Å². The summed E-state index contributed by atoms with van der Waals surface area (Å²) < 4.78 is 56.1. The van der Waals surface area contributed by atoms with Crippen molar-refractivity contribution in [2.24, 2.45) is 11.7 Å². The number of carbonyl (C=O) groups excluding carboxylic acids is 7. The van der Waals surface area contributed by atoms with Crippen molar-refractivity contribution in [2.45, 2.75) is 69.6 Å². The molecule has 3 aromatic heterocycles. The van der Waals surface area contributed by atoms with Crippen LogP contribution in [-0.2, 0) is 23.9 Å². The lowest BCUT2D eigenvalue weighted by Gasteiger charge is -2.27. The number of nitrogens with one attached hydrogen (secondary N) is 4. The number of Topliss-reactive ketones (excluding diaryl/α,β-unsaturated/α-hetero) is 1. The molecule has 6 N–H and O–H groups in total. The first kappa shape index (κ1) is 46.0. The van der Waals surface area contributed by atoms with E-state index in [0.717, 1.165) is 11.2 Å². The fourth-order valence-electron chi connectivity index (χ4n) is 7.86. The fourth-order valence-corrected chi connectivity index (χ4v) is 7.86. The number of aromatic nitrogens is 4. The molecule has 0 bridgehead atoms. The molecule has 7 rings (SSSR count). The van der Waals surface area contributed by atoms with Gasteiger partial charge in [-0.25, -0.2) is 9.97 Å². The molecule has 4 aromatic rings. The van der Waals surface area contributed by atoms with Crippen LogP contribution < -0.4 is 27.0 Å². The topological polar surface area (TPSA) is 272 Å². The molecule has 1 aromatic carbocycles. The van der Waals surface area contributed by atoms with Crippen molar-refractivity contribution in [3.8, 4) is 11.5 Å². The molecular formula is C42H45F3N10O10. The van der Waals surface area contributed by atoms with Crippen LogP contribution >= 0.6 is 0 Å². The lowest BCUT2D eigenvalue weighted by molar-refractivity contribution is -0.136. The first-order chi connectivity index (χ1) is 31.2. The molecule has 0 spiro atoms. The van der Waals surface area contributed by atoms with Gasteiger partial charge < -0.3 is 35.6 Å². The number of rotatable bonds is 20. The SMILES string of the molecule is NC(=O)c1nn(C2CCC(C(=O)CCCOCCOCCNc3cccc4c3C(=O)N(C3CCC(=O)NC3=O)C4=O)CC2)cc1NC(=O)c1coc(-c2ccnc(NCC(F)(F)F)c2)n1. The Labute approximate surface area is 368 Å². The van der Waals surface area contributed by atoms with Gasteiger partial charge in [-0.15, -0.1) is 0 Å². The molecule has 0 radical (unpaired) electrons. The highest BCUT2D eigenvalue weighted by molar-refractivity contribution is 6.25. The number of imide groups is 2. The highest BCUT2D eigenvalue weighted by atomic mass is 19.4. The fraction of sp³-hybridized carbons (Fsp3) is 0.429. The van der Waals surface area contributed by atoms with E-state index in [-0.39, 0.29) is 89.3 Å². The van der Waals surface area contributed by atoms with E-state index in [4.69, 9.17) is 19.6 Å². The molecule has 1 aliphatic carbocycles. The van der Waals surface area contributed by atoms with Gasteiger partial charge in [0.25, 0.3) is 23.6 Å². The Morgan fingerprint density at radius 3 is 2.45 bits per heavy atom. The Kier molecular flexibility index (Phi) is 14.3. The van der Waals surface area contributed by atoms with Crippen LogP contribution in [0.3, 0.4) is 0 Å². The van der Waals surface area contributed by atoms with Gasteiger partial charge in [0, 0.05) is 55.6 Å². The van der Waals surface area contributed by atoms with E-state index in [1.807, 2.05) is 0 Å². The summed E-state index contributed by atoms with van der Waals surface area (Å²) in [6.45, 7) is 0.239. The van der Waals surface area contributed by atoms with Gasteiger partial charge in [-0.1, -0.05) is 6.07 Å². The second-order valence-corrected chi connectivity index (χ2v) is 15.5. The van der Waals surface area contributed by atoms with Gasteiger partial charge in [-0.2, -0.15) is 18.3 Å². The molecule has 2 aliphatic heterocycles. The first-order valence-electron chi connectivity index (χ1n) is 20.9. The van der Waals surface area contributed by atoms with Gasteiger partial charge in [-0.05, 0) is 62.8 Å². The van der Waals surface area contributed by atoms with E-state index in [9.17, 15) is 46.7 Å². The number of halogens is 3. The summed E-state index contributed by atoms with van der Waals surface area (Å²) in [7, 11) is 0. The number of pyridine rings is 1. The van der Waals surface area contributed by atoms with Crippen LogP contribution in [0.5, 0.6) is 0 Å². The van der Waals surface area contributed by atoms with Gasteiger partial charge in [0.15, 0.2) is 11.4 Å². The number of benzene rings is 1. The second kappa shape index (κ2) is 20.2.